The Labute approximate surface area is 300 Å². The number of allylic oxidation sites excluding steroid dienone is 6. The largest absolute Gasteiger partial charge is 0.469 e. The fourth-order valence-corrected chi connectivity index (χ4v) is 5.76. The van der Waals surface area contributed by atoms with E-state index in [0.717, 1.165) is 64.2 Å². The zero-order valence-corrected chi connectivity index (χ0v) is 32.2. The second-order valence-electron chi connectivity index (χ2n) is 13.2. The summed E-state index contributed by atoms with van der Waals surface area (Å²) in [5, 5.41) is 0. The topological polar surface area (TPSA) is 119 Å². The third-order valence-corrected chi connectivity index (χ3v) is 8.87. The highest BCUT2D eigenvalue weighted by Gasteiger charge is 2.22. The van der Waals surface area contributed by atoms with E-state index in [0.29, 0.717) is 12.8 Å². The summed E-state index contributed by atoms with van der Waals surface area (Å²) in [5.74, 6) is -0.899. The zero-order chi connectivity index (χ0) is 36.1. The minimum Gasteiger partial charge on any atom is -0.462 e. The Morgan fingerprint density at radius 3 is 1.37 bits per heavy atom. The lowest BCUT2D eigenvalue weighted by atomic mass is 10.1. The van der Waals surface area contributed by atoms with Crippen molar-refractivity contribution in [1.29, 1.82) is 0 Å². The van der Waals surface area contributed by atoms with Crippen molar-refractivity contribution in [3.63, 3.8) is 0 Å². The Bertz CT molecular complexity index is 895. The molecule has 0 heterocycles. The Balaban J connectivity index is 3.93. The van der Waals surface area contributed by atoms with E-state index in [9.17, 15) is 14.2 Å². The van der Waals surface area contributed by atoms with Gasteiger partial charge in [0.2, 0.25) is 0 Å². The van der Waals surface area contributed by atoms with Gasteiger partial charge in [0.1, 0.15) is 6.61 Å². The Hall–Kier alpha value is -1.73. The van der Waals surface area contributed by atoms with Crippen LogP contribution in [-0.4, -0.2) is 41.0 Å². The third-order valence-electron chi connectivity index (χ3n) is 8.38. The van der Waals surface area contributed by atoms with Gasteiger partial charge in [0.15, 0.2) is 6.10 Å². The molecule has 8 nitrogen and oxygen atoms in total. The maximum Gasteiger partial charge on any atom is 0.469 e. The number of hydrogen-bond acceptors (Lipinski definition) is 6. The van der Waals surface area contributed by atoms with Crippen LogP contribution in [0.2, 0.25) is 0 Å². The van der Waals surface area contributed by atoms with Crippen molar-refractivity contribution in [3.8, 4) is 0 Å². The number of hydrogen-bond donors (Lipinski definition) is 2. The van der Waals surface area contributed by atoms with Gasteiger partial charge in [-0.05, 0) is 70.6 Å². The van der Waals surface area contributed by atoms with Gasteiger partial charge < -0.3 is 19.3 Å². The van der Waals surface area contributed by atoms with Gasteiger partial charge in [-0.15, -0.1) is 0 Å². The molecule has 9 heteroatoms. The first-order valence-electron chi connectivity index (χ1n) is 19.8. The first-order valence-corrected chi connectivity index (χ1v) is 21.3. The van der Waals surface area contributed by atoms with Gasteiger partial charge in [-0.3, -0.25) is 14.1 Å². The number of phosphoric acid groups is 1. The number of rotatable bonds is 36. The van der Waals surface area contributed by atoms with E-state index < -0.39 is 32.5 Å². The summed E-state index contributed by atoms with van der Waals surface area (Å²) in [6.45, 7) is 3.62. The van der Waals surface area contributed by atoms with Crippen molar-refractivity contribution in [2.24, 2.45) is 0 Å². The van der Waals surface area contributed by atoms with Crippen LogP contribution in [0.25, 0.3) is 0 Å². The predicted octanol–water partition coefficient (Wildman–Crippen LogP) is 11.8. The minimum atomic E-state index is -4.75. The Morgan fingerprint density at radius 2 is 0.918 bits per heavy atom. The molecule has 49 heavy (non-hydrogen) atoms. The van der Waals surface area contributed by atoms with Crippen LogP contribution in [0, 0.1) is 0 Å². The predicted molar refractivity (Wildman–Crippen MR) is 202 cm³/mol. The van der Waals surface area contributed by atoms with Crippen molar-refractivity contribution in [1.82, 2.24) is 0 Å². The van der Waals surface area contributed by atoms with Crippen LogP contribution in [-0.2, 0) is 28.2 Å². The number of carbonyl (C=O) groups is 2. The second-order valence-corrected chi connectivity index (χ2v) is 14.5. The molecule has 286 valence electrons. The second kappa shape index (κ2) is 36.1. The van der Waals surface area contributed by atoms with Crippen LogP contribution in [0.15, 0.2) is 36.5 Å². The van der Waals surface area contributed by atoms with Gasteiger partial charge >= 0.3 is 19.8 Å². The first-order chi connectivity index (χ1) is 23.8. The minimum absolute atomic E-state index is 0.206. The normalized spacial score (nSPS) is 12.8. The summed E-state index contributed by atoms with van der Waals surface area (Å²) < 4.78 is 26.3. The van der Waals surface area contributed by atoms with E-state index in [1.165, 1.54) is 83.5 Å². The summed E-state index contributed by atoms with van der Waals surface area (Å²) in [6, 6.07) is 0. The molecule has 1 atom stereocenters. The van der Waals surface area contributed by atoms with Crippen molar-refractivity contribution in [3.05, 3.63) is 36.5 Å². The fraction of sp³-hybridized carbons (Fsp3) is 0.800. The average Bonchev–Trinajstić information content (AvgIpc) is 3.07. The highest BCUT2D eigenvalue weighted by Crippen LogP contribution is 2.36. The van der Waals surface area contributed by atoms with Gasteiger partial charge in [0.05, 0.1) is 6.61 Å². The van der Waals surface area contributed by atoms with Gasteiger partial charge in [-0.25, -0.2) is 4.57 Å². The van der Waals surface area contributed by atoms with Crippen LogP contribution in [0.5, 0.6) is 0 Å². The molecule has 0 saturated heterocycles. The van der Waals surface area contributed by atoms with Crippen LogP contribution < -0.4 is 0 Å². The van der Waals surface area contributed by atoms with Crippen molar-refractivity contribution >= 4 is 19.8 Å². The van der Waals surface area contributed by atoms with Crippen molar-refractivity contribution in [2.75, 3.05) is 13.2 Å². The van der Waals surface area contributed by atoms with Crippen LogP contribution in [0.3, 0.4) is 0 Å². The summed E-state index contributed by atoms with van der Waals surface area (Å²) in [6.07, 6.45) is 41.5. The molecule has 0 aliphatic heterocycles. The SMILES string of the molecule is CCCCC/C=C/C/C=C/CCCCCCCCCCCC(=O)O[C@H](COC(=O)CCCCCCC/C=C/CCCCC)COP(=O)(O)O. The summed E-state index contributed by atoms with van der Waals surface area (Å²) >= 11 is 0. The number of esters is 2. The van der Waals surface area contributed by atoms with E-state index in [2.05, 4.69) is 54.8 Å². The lowest BCUT2D eigenvalue weighted by Crippen LogP contribution is -2.29. The zero-order valence-electron chi connectivity index (χ0n) is 31.3. The van der Waals surface area contributed by atoms with Crippen molar-refractivity contribution in [2.45, 2.75) is 193 Å². The van der Waals surface area contributed by atoms with Gasteiger partial charge in [0.25, 0.3) is 0 Å². The molecule has 0 aromatic carbocycles. The van der Waals surface area contributed by atoms with E-state index in [1.807, 2.05) is 0 Å². The smallest absolute Gasteiger partial charge is 0.462 e. The van der Waals surface area contributed by atoms with Gasteiger partial charge in [-0.1, -0.05) is 140 Å². The fourth-order valence-electron chi connectivity index (χ4n) is 5.40. The van der Waals surface area contributed by atoms with E-state index in [4.69, 9.17) is 19.3 Å². The Kier molecular flexibility index (Phi) is 34.8. The molecule has 0 aliphatic rings. The molecule has 0 saturated carbocycles. The van der Waals surface area contributed by atoms with Gasteiger partial charge in [0, 0.05) is 12.8 Å². The van der Waals surface area contributed by atoms with E-state index >= 15 is 0 Å². The monoisotopic (exact) mass is 713 g/mol. The molecule has 0 aliphatic carbocycles. The maximum absolute atomic E-state index is 12.4. The summed E-state index contributed by atoms with van der Waals surface area (Å²) in [4.78, 5) is 42.7. The standard InChI is InChI=1S/C40H73O8P/c1-3-5-7-9-11-13-15-17-18-19-20-21-22-23-25-27-29-31-33-35-40(42)48-38(37-47-49(43,44)45)36-46-39(41)34-32-30-28-26-24-16-14-12-10-8-6-4-2/h11-14,17-18,38H,3-10,15-16,19-37H2,1-2H3,(H2,43,44,45)/b13-11+,14-12+,18-17+/t38-/m1/s1. The summed E-state index contributed by atoms with van der Waals surface area (Å²) in [7, 11) is -4.75. The van der Waals surface area contributed by atoms with Crippen LogP contribution in [0.1, 0.15) is 187 Å². The highest BCUT2D eigenvalue weighted by molar-refractivity contribution is 7.46. The van der Waals surface area contributed by atoms with Crippen LogP contribution >= 0.6 is 7.82 Å². The van der Waals surface area contributed by atoms with Gasteiger partial charge in [-0.2, -0.15) is 0 Å². The number of phosphoric ester groups is 1. The average molecular weight is 713 g/mol. The van der Waals surface area contributed by atoms with E-state index in [-0.39, 0.29) is 19.4 Å². The molecular formula is C40H73O8P. The van der Waals surface area contributed by atoms with Crippen molar-refractivity contribution < 1.29 is 37.9 Å². The highest BCUT2D eigenvalue weighted by atomic mass is 31.2. The Morgan fingerprint density at radius 1 is 0.531 bits per heavy atom. The number of unbranched alkanes of at least 4 members (excludes halogenated alkanes) is 20. The molecule has 0 fully saturated rings. The molecule has 0 spiro atoms. The third kappa shape index (κ3) is 38.9. The molecule has 0 amide bonds. The van der Waals surface area contributed by atoms with E-state index in [1.54, 1.807) is 0 Å². The molecule has 0 radical (unpaired) electrons. The molecular weight excluding hydrogens is 639 g/mol. The lowest BCUT2D eigenvalue weighted by Gasteiger charge is -2.18. The molecule has 0 rings (SSSR count). The maximum atomic E-state index is 12.4. The first kappa shape index (κ1) is 47.3. The quantitative estimate of drug-likeness (QED) is 0.0285. The summed E-state index contributed by atoms with van der Waals surface area (Å²) in [5.41, 5.74) is 0. The number of carbonyl (C=O) groups excluding carboxylic acids is 2. The van der Waals surface area contributed by atoms with Crippen LogP contribution in [0.4, 0.5) is 0 Å². The molecule has 0 aromatic rings. The molecule has 0 unspecified atom stereocenters. The molecule has 0 bridgehead atoms. The molecule has 0 aromatic heterocycles. The number of ether oxygens (including phenoxy) is 2. The molecule has 2 N–H and O–H groups in total. The lowest BCUT2D eigenvalue weighted by molar-refractivity contribution is -0.161.